The van der Waals surface area contributed by atoms with E-state index in [0.29, 0.717) is 0 Å². The summed E-state index contributed by atoms with van der Waals surface area (Å²) in [7, 11) is 0. The smallest absolute Gasteiger partial charge is 0 e. The molecule has 0 saturated carbocycles. The van der Waals surface area contributed by atoms with Crippen LogP contribution in [0.25, 0.3) is 0 Å². The van der Waals surface area contributed by atoms with Crippen LogP contribution in [0.4, 0.5) is 0 Å². The molecule has 0 spiro atoms. The van der Waals surface area contributed by atoms with Crippen molar-refractivity contribution in [1.82, 2.24) is 0 Å². The van der Waals surface area contributed by atoms with Gasteiger partial charge in [0, 0.05) is 25.8 Å². The SMILES string of the molecule is [C-]1=CC=CC1.[Hf]. The number of rotatable bonds is 0. The minimum Gasteiger partial charge on any atom is -0.273 e. The molecule has 1 aliphatic rings. The Morgan fingerprint density at radius 2 is 2.33 bits per heavy atom. The molecule has 0 aromatic heterocycles. The Labute approximate surface area is 56.7 Å². The van der Waals surface area contributed by atoms with Gasteiger partial charge >= 0.3 is 0 Å². The summed E-state index contributed by atoms with van der Waals surface area (Å²) in [4.78, 5) is 0. The largest absolute Gasteiger partial charge is 0.273 e. The molecule has 1 aliphatic carbocycles. The third-order valence-corrected chi connectivity index (χ3v) is 0.586. The summed E-state index contributed by atoms with van der Waals surface area (Å²) in [5, 5.41) is 0. The first-order valence-corrected chi connectivity index (χ1v) is 1.72. The molecule has 0 radical (unpaired) electrons. The van der Waals surface area contributed by atoms with E-state index < -0.39 is 0 Å². The second kappa shape index (κ2) is 3.54. The second-order valence-corrected chi connectivity index (χ2v) is 1.00. The van der Waals surface area contributed by atoms with Crippen molar-refractivity contribution in [2.75, 3.05) is 0 Å². The molecule has 0 heterocycles. The van der Waals surface area contributed by atoms with Crippen molar-refractivity contribution in [3.05, 3.63) is 24.3 Å². The van der Waals surface area contributed by atoms with E-state index in [1.165, 1.54) is 0 Å². The first-order chi connectivity index (χ1) is 2.50. The summed E-state index contributed by atoms with van der Waals surface area (Å²) in [5.41, 5.74) is 0. The molecule has 0 aromatic carbocycles. The van der Waals surface area contributed by atoms with Crippen LogP contribution in [-0.2, 0) is 25.8 Å². The minimum atomic E-state index is 0. The molecule has 0 fully saturated rings. The maximum atomic E-state index is 2.99. The first kappa shape index (κ1) is 6.35. The summed E-state index contributed by atoms with van der Waals surface area (Å²) < 4.78 is 0. The van der Waals surface area contributed by atoms with Crippen LogP contribution >= 0.6 is 0 Å². The molecule has 0 amide bonds. The van der Waals surface area contributed by atoms with E-state index in [9.17, 15) is 0 Å². The molecular weight excluding hydrogens is 239 g/mol. The average molecular weight is 244 g/mol. The standard InChI is InChI=1S/C5H5.Hf/c1-2-4-5-3-1;/h1-3H,4H2;/q-1;. The zero-order valence-electron chi connectivity index (χ0n) is 3.44. The Morgan fingerprint density at radius 3 is 2.50 bits per heavy atom. The quantitative estimate of drug-likeness (QED) is 0.444. The van der Waals surface area contributed by atoms with E-state index in [-0.39, 0.29) is 25.8 Å². The van der Waals surface area contributed by atoms with Crippen LogP contribution in [-0.4, -0.2) is 0 Å². The Hall–Kier alpha value is 0.350. The molecule has 1 rings (SSSR count). The van der Waals surface area contributed by atoms with E-state index in [1.807, 2.05) is 12.2 Å². The maximum absolute atomic E-state index is 2.99. The molecule has 0 atom stereocenters. The molecule has 0 saturated heterocycles. The average Bonchev–Trinajstić information content (AvgIpc) is 1.76. The fraction of sp³-hybridized carbons (Fsp3) is 0.200. The predicted octanol–water partition coefficient (Wildman–Crippen LogP) is 1.30. The van der Waals surface area contributed by atoms with Crippen molar-refractivity contribution in [1.29, 1.82) is 0 Å². The fourth-order valence-corrected chi connectivity index (χ4v) is 0.340. The Morgan fingerprint density at radius 1 is 1.50 bits per heavy atom. The molecule has 0 nitrogen and oxygen atoms in total. The van der Waals surface area contributed by atoms with Crippen LogP contribution in [0.15, 0.2) is 18.2 Å². The first-order valence-electron chi connectivity index (χ1n) is 1.72. The molecule has 0 aliphatic heterocycles. The van der Waals surface area contributed by atoms with E-state index >= 15 is 0 Å². The third-order valence-electron chi connectivity index (χ3n) is 0.586. The van der Waals surface area contributed by atoms with Crippen LogP contribution in [0.1, 0.15) is 6.42 Å². The van der Waals surface area contributed by atoms with Gasteiger partial charge in [0.05, 0.1) is 0 Å². The molecule has 0 aromatic rings. The van der Waals surface area contributed by atoms with E-state index in [1.54, 1.807) is 0 Å². The predicted molar refractivity (Wildman–Crippen MR) is 21.6 cm³/mol. The van der Waals surface area contributed by atoms with Crippen LogP contribution in [0.5, 0.6) is 0 Å². The topological polar surface area (TPSA) is 0 Å². The molecule has 0 N–H and O–H groups in total. The zero-order valence-corrected chi connectivity index (χ0v) is 7.03. The second-order valence-electron chi connectivity index (χ2n) is 1.00. The van der Waals surface area contributed by atoms with Crippen LogP contribution in [0, 0.1) is 6.08 Å². The summed E-state index contributed by atoms with van der Waals surface area (Å²) in [6, 6.07) is 0. The van der Waals surface area contributed by atoms with Gasteiger partial charge < -0.3 is 0 Å². The van der Waals surface area contributed by atoms with Gasteiger partial charge in [0.15, 0.2) is 0 Å². The minimum absolute atomic E-state index is 0. The van der Waals surface area contributed by atoms with Gasteiger partial charge in [-0.3, -0.25) is 6.08 Å². The zero-order chi connectivity index (χ0) is 3.54. The van der Waals surface area contributed by atoms with Crippen LogP contribution in [0.3, 0.4) is 0 Å². The third kappa shape index (κ3) is 1.71. The molecule has 1 heteroatoms. The van der Waals surface area contributed by atoms with Crippen LogP contribution < -0.4 is 0 Å². The van der Waals surface area contributed by atoms with Crippen LogP contribution in [0.2, 0.25) is 0 Å². The maximum Gasteiger partial charge on any atom is 0 e. The van der Waals surface area contributed by atoms with Gasteiger partial charge in [0.2, 0.25) is 0 Å². The summed E-state index contributed by atoms with van der Waals surface area (Å²) in [6.07, 6.45) is 10.0. The normalized spacial score (nSPS) is 14.7. The van der Waals surface area contributed by atoms with Gasteiger partial charge in [-0.2, -0.15) is 6.08 Å². The van der Waals surface area contributed by atoms with E-state index in [0.717, 1.165) is 6.42 Å². The van der Waals surface area contributed by atoms with Crippen molar-refractivity contribution in [2.45, 2.75) is 6.42 Å². The molecular formula is C5H5Hf-. The van der Waals surface area contributed by atoms with Gasteiger partial charge in [0.1, 0.15) is 0 Å². The van der Waals surface area contributed by atoms with Gasteiger partial charge in [-0.15, -0.1) is 6.42 Å². The van der Waals surface area contributed by atoms with Gasteiger partial charge in [0.25, 0.3) is 0 Å². The van der Waals surface area contributed by atoms with Gasteiger partial charge in [-0.25, -0.2) is 12.2 Å². The number of hydrogen-bond donors (Lipinski definition) is 0. The van der Waals surface area contributed by atoms with Crippen molar-refractivity contribution in [3.8, 4) is 0 Å². The Bertz CT molecular complexity index is 62.0. The van der Waals surface area contributed by atoms with Crippen molar-refractivity contribution < 1.29 is 25.8 Å². The van der Waals surface area contributed by atoms with Crippen molar-refractivity contribution in [3.63, 3.8) is 0 Å². The van der Waals surface area contributed by atoms with E-state index in [2.05, 4.69) is 12.2 Å². The number of hydrogen-bond acceptors (Lipinski definition) is 0. The number of allylic oxidation sites excluding steroid dienone is 4. The monoisotopic (exact) mass is 245 g/mol. The van der Waals surface area contributed by atoms with Gasteiger partial charge in [-0.1, -0.05) is 0 Å². The summed E-state index contributed by atoms with van der Waals surface area (Å²) in [6.45, 7) is 0. The summed E-state index contributed by atoms with van der Waals surface area (Å²) in [5.74, 6) is 0. The molecule has 6 heavy (non-hydrogen) atoms. The Kier molecular flexibility index (Phi) is 3.74. The fourth-order valence-electron chi connectivity index (χ4n) is 0.340. The molecule has 30 valence electrons. The van der Waals surface area contributed by atoms with Gasteiger partial charge in [-0.05, 0) is 0 Å². The van der Waals surface area contributed by atoms with Crippen molar-refractivity contribution in [2.24, 2.45) is 0 Å². The molecule has 0 unspecified atom stereocenters. The van der Waals surface area contributed by atoms with E-state index in [4.69, 9.17) is 0 Å². The summed E-state index contributed by atoms with van der Waals surface area (Å²) >= 11 is 0. The molecule has 0 bridgehead atoms. The Balaban J connectivity index is 0.000000250. The van der Waals surface area contributed by atoms with Crippen molar-refractivity contribution >= 4 is 0 Å².